The fourth-order valence-electron chi connectivity index (χ4n) is 1.51. The predicted molar refractivity (Wildman–Crippen MR) is 81.5 cm³/mol. The standard InChI is InChI=1S/C11H16N4O2S3/c1-7(2)3-10-13-14-11(19-10)15-20(16,17)9-4-8(5-12)18-6-9/h4,6-7H,3,5,12H2,1-2H3,(H,14,15). The lowest BCUT2D eigenvalue weighted by atomic mass is 10.1. The Kier molecular flexibility index (Phi) is 4.74. The number of anilines is 1. The summed E-state index contributed by atoms with van der Waals surface area (Å²) in [7, 11) is -3.60. The average molecular weight is 332 g/mol. The van der Waals surface area contributed by atoms with Crippen LogP contribution in [0.4, 0.5) is 5.13 Å². The number of nitrogens with one attached hydrogen (secondary N) is 1. The third-order valence-corrected chi connectivity index (χ3v) is 5.83. The Labute approximate surface area is 126 Å². The molecule has 0 radical (unpaired) electrons. The molecule has 0 atom stereocenters. The maximum atomic E-state index is 12.2. The van der Waals surface area contributed by atoms with Crippen molar-refractivity contribution in [2.45, 2.75) is 31.7 Å². The Morgan fingerprint density at radius 2 is 2.15 bits per heavy atom. The maximum absolute atomic E-state index is 12.2. The van der Waals surface area contributed by atoms with E-state index in [9.17, 15) is 8.42 Å². The number of thiophene rings is 1. The average Bonchev–Trinajstić information content (AvgIpc) is 2.97. The van der Waals surface area contributed by atoms with E-state index >= 15 is 0 Å². The molecule has 0 spiro atoms. The number of nitrogens with zero attached hydrogens (tertiary/aromatic N) is 2. The third kappa shape index (κ3) is 3.75. The van der Waals surface area contributed by atoms with Crippen LogP contribution in [-0.4, -0.2) is 18.6 Å². The van der Waals surface area contributed by atoms with Crippen LogP contribution in [0.5, 0.6) is 0 Å². The number of nitrogens with two attached hydrogens (primary N) is 1. The molecule has 0 aliphatic heterocycles. The number of hydrogen-bond donors (Lipinski definition) is 2. The van der Waals surface area contributed by atoms with Crippen LogP contribution in [0.25, 0.3) is 0 Å². The van der Waals surface area contributed by atoms with Crippen molar-refractivity contribution < 1.29 is 8.42 Å². The smallest absolute Gasteiger partial charge is 0.264 e. The minimum atomic E-state index is -3.60. The molecule has 0 unspecified atom stereocenters. The Balaban J connectivity index is 2.13. The van der Waals surface area contributed by atoms with Crippen LogP contribution >= 0.6 is 22.7 Å². The molecule has 0 aliphatic rings. The van der Waals surface area contributed by atoms with Crippen molar-refractivity contribution in [3.05, 3.63) is 21.3 Å². The topological polar surface area (TPSA) is 98.0 Å². The highest BCUT2D eigenvalue weighted by Gasteiger charge is 2.18. The van der Waals surface area contributed by atoms with Crippen LogP contribution in [0.15, 0.2) is 16.3 Å². The van der Waals surface area contributed by atoms with Crippen LogP contribution in [0, 0.1) is 5.92 Å². The van der Waals surface area contributed by atoms with E-state index in [1.807, 2.05) is 0 Å². The van der Waals surface area contributed by atoms with E-state index in [0.29, 0.717) is 17.6 Å². The first-order chi connectivity index (χ1) is 9.40. The van der Waals surface area contributed by atoms with E-state index in [1.165, 1.54) is 22.7 Å². The van der Waals surface area contributed by atoms with Gasteiger partial charge in [-0.25, -0.2) is 8.42 Å². The van der Waals surface area contributed by atoms with E-state index in [4.69, 9.17) is 5.73 Å². The Bertz CT molecular complexity index is 675. The summed E-state index contributed by atoms with van der Waals surface area (Å²) in [6.07, 6.45) is 0.787. The van der Waals surface area contributed by atoms with Gasteiger partial charge in [-0.05, 0) is 12.0 Å². The Morgan fingerprint density at radius 1 is 1.40 bits per heavy atom. The first-order valence-electron chi connectivity index (χ1n) is 6.03. The number of sulfonamides is 1. The van der Waals surface area contributed by atoms with Crippen molar-refractivity contribution >= 4 is 37.8 Å². The van der Waals surface area contributed by atoms with Gasteiger partial charge < -0.3 is 5.73 Å². The van der Waals surface area contributed by atoms with Gasteiger partial charge >= 0.3 is 0 Å². The molecule has 9 heteroatoms. The van der Waals surface area contributed by atoms with Gasteiger partial charge in [0.25, 0.3) is 10.0 Å². The van der Waals surface area contributed by atoms with Gasteiger partial charge in [-0.1, -0.05) is 25.2 Å². The van der Waals surface area contributed by atoms with Crippen LogP contribution in [0.2, 0.25) is 0 Å². The van der Waals surface area contributed by atoms with Gasteiger partial charge in [-0.15, -0.1) is 21.5 Å². The monoisotopic (exact) mass is 332 g/mol. The molecule has 3 N–H and O–H groups in total. The summed E-state index contributed by atoms with van der Waals surface area (Å²) in [5.74, 6) is 0.455. The van der Waals surface area contributed by atoms with Gasteiger partial charge in [-0.2, -0.15) is 0 Å². The van der Waals surface area contributed by atoms with Crippen LogP contribution in [-0.2, 0) is 23.0 Å². The van der Waals surface area contributed by atoms with Gasteiger partial charge in [0.1, 0.15) is 5.01 Å². The zero-order valence-electron chi connectivity index (χ0n) is 11.2. The number of aromatic nitrogens is 2. The van der Waals surface area contributed by atoms with Crippen molar-refractivity contribution in [3.63, 3.8) is 0 Å². The molecule has 0 saturated heterocycles. The summed E-state index contributed by atoms with van der Waals surface area (Å²) in [6.45, 7) is 4.48. The van der Waals surface area contributed by atoms with Gasteiger partial charge in [0.2, 0.25) is 5.13 Å². The van der Waals surface area contributed by atoms with Crippen molar-refractivity contribution in [1.82, 2.24) is 10.2 Å². The molecule has 2 aromatic rings. The summed E-state index contributed by atoms with van der Waals surface area (Å²) in [5, 5.41) is 10.5. The van der Waals surface area contributed by atoms with E-state index < -0.39 is 10.0 Å². The van der Waals surface area contributed by atoms with Crippen molar-refractivity contribution in [1.29, 1.82) is 0 Å². The first-order valence-corrected chi connectivity index (χ1v) is 9.21. The largest absolute Gasteiger partial charge is 0.326 e. The molecule has 0 aliphatic carbocycles. The van der Waals surface area contributed by atoms with Gasteiger partial charge in [-0.3, -0.25) is 4.72 Å². The van der Waals surface area contributed by atoms with Crippen molar-refractivity contribution in [3.8, 4) is 0 Å². The molecular formula is C11H16N4O2S3. The van der Waals surface area contributed by atoms with E-state index in [0.717, 1.165) is 16.3 Å². The molecule has 2 heterocycles. The molecule has 2 rings (SSSR count). The highest BCUT2D eigenvalue weighted by molar-refractivity contribution is 7.93. The lowest BCUT2D eigenvalue weighted by Gasteiger charge is -2.01. The Morgan fingerprint density at radius 3 is 2.75 bits per heavy atom. The van der Waals surface area contributed by atoms with E-state index in [2.05, 4.69) is 28.8 Å². The van der Waals surface area contributed by atoms with E-state index in [-0.39, 0.29) is 4.90 Å². The first kappa shape index (κ1) is 15.4. The fraction of sp³-hybridized carbons (Fsp3) is 0.455. The Hall–Kier alpha value is -1.03. The maximum Gasteiger partial charge on any atom is 0.264 e. The molecule has 0 amide bonds. The summed E-state index contributed by atoms with van der Waals surface area (Å²) >= 11 is 2.59. The van der Waals surface area contributed by atoms with Gasteiger partial charge in [0.05, 0.1) is 4.90 Å². The second-order valence-corrected chi connectivity index (χ2v) is 8.40. The predicted octanol–water partition coefficient (Wildman–Crippen LogP) is 2.06. The van der Waals surface area contributed by atoms with Crippen molar-refractivity contribution in [2.24, 2.45) is 11.7 Å². The summed E-state index contributed by atoms with van der Waals surface area (Å²) in [6, 6.07) is 1.57. The SMILES string of the molecule is CC(C)Cc1nnc(NS(=O)(=O)c2csc(CN)c2)s1. The molecule has 0 bridgehead atoms. The fourth-order valence-corrected chi connectivity index (χ4v) is 4.85. The van der Waals surface area contributed by atoms with Gasteiger partial charge in [0.15, 0.2) is 0 Å². The molecule has 20 heavy (non-hydrogen) atoms. The minimum absolute atomic E-state index is 0.212. The number of rotatable bonds is 6. The zero-order chi connectivity index (χ0) is 14.8. The molecule has 110 valence electrons. The van der Waals surface area contributed by atoms with Crippen LogP contribution in [0.1, 0.15) is 23.7 Å². The lowest BCUT2D eigenvalue weighted by molar-refractivity contribution is 0.601. The quantitative estimate of drug-likeness (QED) is 0.843. The molecule has 6 nitrogen and oxygen atoms in total. The molecule has 0 aromatic carbocycles. The van der Waals surface area contributed by atoms with Crippen LogP contribution in [0.3, 0.4) is 0 Å². The minimum Gasteiger partial charge on any atom is -0.326 e. The second kappa shape index (κ2) is 6.17. The second-order valence-electron chi connectivity index (χ2n) is 4.66. The lowest BCUT2D eigenvalue weighted by Crippen LogP contribution is -2.11. The number of hydrogen-bond acceptors (Lipinski definition) is 7. The molecule has 2 aromatic heterocycles. The molecule has 0 fully saturated rings. The van der Waals surface area contributed by atoms with Gasteiger partial charge in [0, 0.05) is 23.2 Å². The molecule has 0 saturated carbocycles. The highest BCUT2D eigenvalue weighted by atomic mass is 32.2. The summed E-state index contributed by atoms with van der Waals surface area (Å²) < 4.78 is 26.8. The third-order valence-electron chi connectivity index (χ3n) is 2.41. The zero-order valence-corrected chi connectivity index (χ0v) is 13.6. The molecular weight excluding hydrogens is 316 g/mol. The van der Waals surface area contributed by atoms with Crippen molar-refractivity contribution in [2.75, 3.05) is 4.72 Å². The van der Waals surface area contributed by atoms with E-state index in [1.54, 1.807) is 11.4 Å². The normalized spacial score (nSPS) is 12.0. The summed E-state index contributed by atoms with van der Waals surface area (Å²) in [4.78, 5) is 1.03. The highest BCUT2D eigenvalue weighted by Crippen LogP contribution is 2.24. The van der Waals surface area contributed by atoms with Crippen LogP contribution < -0.4 is 10.5 Å². The summed E-state index contributed by atoms with van der Waals surface area (Å²) in [5.41, 5.74) is 5.48.